The van der Waals surface area contributed by atoms with Gasteiger partial charge < -0.3 is 4.90 Å². The van der Waals surface area contributed by atoms with E-state index >= 15 is 0 Å². The first-order chi connectivity index (χ1) is 8.15. The summed E-state index contributed by atoms with van der Waals surface area (Å²) in [6, 6.07) is 10.0. The first kappa shape index (κ1) is 12.3. The van der Waals surface area contributed by atoms with Crippen molar-refractivity contribution in [3.05, 3.63) is 51.8 Å². The summed E-state index contributed by atoms with van der Waals surface area (Å²) in [6.07, 6.45) is 1.65. The molecule has 0 atom stereocenters. The Balaban J connectivity index is 2.14. The Bertz CT molecular complexity index is 519. The molecular weight excluding hydrogens is 302 g/mol. The lowest BCUT2D eigenvalue weighted by Gasteiger charge is -2.18. The van der Waals surface area contributed by atoms with Gasteiger partial charge in [0.25, 0.3) is 0 Å². The van der Waals surface area contributed by atoms with Crippen LogP contribution in [0.2, 0.25) is 5.28 Å². The summed E-state index contributed by atoms with van der Waals surface area (Å²) in [6.45, 7) is 0.771. The van der Waals surface area contributed by atoms with E-state index in [0.717, 1.165) is 16.8 Å². The van der Waals surface area contributed by atoms with Crippen LogP contribution in [-0.2, 0) is 6.54 Å². The van der Waals surface area contributed by atoms with Gasteiger partial charge in [-0.15, -0.1) is 0 Å². The van der Waals surface area contributed by atoms with E-state index in [0.29, 0.717) is 0 Å². The van der Waals surface area contributed by atoms with Crippen LogP contribution in [0.15, 0.2) is 41.0 Å². The highest BCUT2D eigenvalue weighted by atomic mass is 79.9. The fourth-order valence-electron chi connectivity index (χ4n) is 1.53. The Labute approximate surface area is 114 Å². The molecule has 1 aromatic heterocycles. The van der Waals surface area contributed by atoms with Gasteiger partial charge in [-0.1, -0.05) is 28.1 Å². The summed E-state index contributed by atoms with van der Waals surface area (Å²) in [5.74, 6) is 0.810. The predicted molar refractivity (Wildman–Crippen MR) is 73.3 cm³/mol. The molecule has 0 N–H and O–H groups in total. The molecule has 0 amide bonds. The molecule has 0 unspecified atom stereocenters. The van der Waals surface area contributed by atoms with Crippen molar-refractivity contribution in [1.82, 2.24) is 9.97 Å². The van der Waals surface area contributed by atoms with Crippen LogP contribution in [0.25, 0.3) is 0 Å². The molecule has 0 aliphatic carbocycles. The summed E-state index contributed by atoms with van der Waals surface area (Å²) in [7, 11) is 1.97. The van der Waals surface area contributed by atoms with E-state index in [2.05, 4.69) is 38.0 Å². The van der Waals surface area contributed by atoms with E-state index < -0.39 is 0 Å². The molecule has 0 aliphatic rings. The Morgan fingerprint density at radius 3 is 2.88 bits per heavy atom. The van der Waals surface area contributed by atoms with Crippen LogP contribution in [0, 0.1) is 0 Å². The molecule has 0 spiro atoms. The van der Waals surface area contributed by atoms with Crippen molar-refractivity contribution in [3.63, 3.8) is 0 Å². The number of rotatable bonds is 3. The minimum absolute atomic E-state index is 0.267. The van der Waals surface area contributed by atoms with Crippen LogP contribution in [0.4, 0.5) is 5.82 Å². The first-order valence-electron chi connectivity index (χ1n) is 5.09. The van der Waals surface area contributed by atoms with Crippen molar-refractivity contribution in [2.45, 2.75) is 6.54 Å². The van der Waals surface area contributed by atoms with Gasteiger partial charge in [0, 0.05) is 24.3 Å². The summed E-state index contributed by atoms with van der Waals surface area (Å²) < 4.78 is 1.07. The molecule has 17 heavy (non-hydrogen) atoms. The summed E-state index contributed by atoms with van der Waals surface area (Å²) in [5, 5.41) is 0.267. The van der Waals surface area contributed by atoms with Gasteiger partial charge in [-0.2, -0.15) is 0 Å². The van der Waals surface area contributed by atoms with Crippen molar-refractivity contribution in [1.29, 1.82) is 0 Å². The van der Waals surface area contributed by atoms with Gasteiger partial charge in [0.15, 0.2) is 0 Å². The lowest BCUT2D eigenvalue weighted by Crippen LogP contribution is -2.17. The zero-order chi connectivity index (χ0) is 12.3. The van der Waals surface area contributed by atoms with Crippen LogP contribution in [0.3, 0.4) is 0 Å². The van der Waals surface area contributed by atoms with Gasteiger partial charge in [-0.3, -0.25) is 0 Å². The zero-order valence-electron chi connectivity index (χ0n) is 9.27. The highest BCUT2D eigenvalue weighted by Gasteiger charge is 2.04. The quantitative estimate of drug-likeness (QED) is 0.812. The molecule has 1 heterocycles. The molecule has 0 saturated carbocycles. The number of halogens is 2. The van der Waals surface area contributed by atoms with E-state index in [1.54, 1.807) is 6.20 Å². The molecule has 88 valence electrons. The Kier molecular flexibility index (Phi) is 3.97. The third kappa shape index (κ3) is 3.41. The Morgan fingerprint density at radius 2 is 2.18 bits per heavy atom. The predicted octanol–water partition coefficient (Wildman–Crippen LogP) is 3.53. The lowest BCUT2D eigenvalue weighted by molar-refractivity contribution is 0.890. The second kappa shape index (κ2) is 5.47. The van der Waals surface area contributed by atoms with E-state index in [1.165, 1.54) is 5.56 Å². The summed E-state index contributed by atoms with van der Waals surface area (Å²) >= 11 is 9.22. The zero-order valence-corrected chi connectivity index (χ0v) is 11.6. The number of benzene rings is 1. The normalized spacial score (nSPS) is 10.3. The lowest BCUT2D eigenvalue weighted by atomic mass is 10.2. The molecule has 5 heteroatoms. The molecule has 0 aliphatic heterocycles. The van der Waals surface area contributed by atoms with Crippen molar-refractivity contribution < 1.29 is 0 Å². The average Bonchev–Trinajstić information content (AvgIpc) is 2.29. The maximum atomic E-state index is 5.76. The van der Waals surface area contributed by atoms with Gasteiger partial charge in [-0.25, -0.2) is 9.97 Å². The van der Waals surface area contributed by atoms with Crippen LogP contribution in [0.5, 0.6) is 0 Å². The second-order valence-corrected chi connectivity index (χ2v) is 4.92. The summed E-state index contributed by atoms with van der Waals surface area (Å²) in [5.41, 5.74) is 1.21. The highest BCUT2D eigenvalue weighted by Crippen LogP contribution is 2.16. The Hall–Kier alpha value is -1.13. The number of hydrogen-bond donors (Lipinski definition) is 0. The monoisotopic (exact) mass is 311 g/mol. The van der Waals surface area contributed by atoms with Crippen LogP contribution < -0.4 is 4.90 Å². The van der Waals surface area contributed by atoms with Gasteiger partial charge in [0.2, 0.25) is 5.28 Å². The molecular formula is C12H11BrClN3. The molecule has 3 nitrogen and oxygen atoms in total. The molecule has 1 aromatic carbocycles. The van der Waals surface area contributed by atoms with Gasteiger partial charge in [0.05, 0.1) is 0 Å². The van der Waals surface area contributed by atoms with Crippen molar-refractivity contribution >= 4 is 33.3 Å². The van der Waals surface area contributed by atoms with E-state index in [-0.39, 0.29) is 5.28 Å². The third-order valence-corrected chi connectivity index (χ3v) is 2.99. The van der Waals surface area contributed by atoms with Crippen LogP contribution in [-0.4, -0.2) is 17.0 Å². The number of hydrogen-bond acceptors (Lipinski definition) is 3. The summed E-state index contributed by atoms with van der Waals surface area (Å²) in [4.78, 5) is 10.0. The fourth-order valence-corrected chi connectivity index (χ4v) is 2.12. The third-order valence-electron chi connectivity index (χ3n) is 2.31. The molecule has 2 rings (SSSR count). The molecule has 0 fully saturated rings. The van der Waals surface area contributed by atoms with Gasteiger partial charge in [-0.05, 0) is 35.4 Å². The number of anilines is 1. The average molecular weight is 313 g/mol. The second-order valence-electron chi connectivity index (χ2n) is 3.67. The fraction of sp³-hybridized carbons (Fsp3) is 0.167. The SMILES string of the molecule is CN(Cc1cccc(Br)c1)c1ccnc(Cl)n1. The topological polar surface area (TPSA) is 29.0 Å². The minimum Gasteiger partial charge on any atom is -0.355 e. The standard InChI is InChI=1S/C12H11BrClN3/c1-17(11-5-6-15-12(14)16-11)8-9-3-2-4-10(13)7-9/h2-7H,8H2,1H3. The van der Waals surface area contributed by atoms with Gasteiger partial charge in [0.1, 0.15) is 5.82 Å². The number of nitrogens with zero attached hydrogens (tertiary/aromatic N) is 3. The maximum Gasteiger partial charge on any atom is 0.224 e. The molecule has 0 saturated heterocycles. The van der Waals surface area contributed by atoms with Crippen LogP contribution >= 0.6 is 27.5 Å². The molecule has 0 radical (unpaired) electrons. The molecule has 0 bridgehead atoms. The van der Waals surface area contributed by atoms with E-state index in [4.69, 9.17) is 11.6 Å². The van der Waals surface area contributed by atoms with Crippen LogP contribution in [0.1, 0.15) is 5.56 Å². The minimum atomic E-state index is 0.267. The van der Waals surface area contributed by atoms with E-state index in [9.17, 15) is 0 Å². The van der Waals surface area contributed by atoms with Crippen molar-refractivity contribution in [2.75, 3.05) is 11.9 Å². The van der Waals surface area contributed by atoms with Crippen molar-refractivity contribution in [3.8, 4) is 0 Å². The van der Waals surface area contributed by atoms with Crippen molar-refractivity contribution in [2.24, 2.45) is 0 Å². The Morgan fingerprint density at radius 1 is 1.35 bits per heavy atom. The largest absolute Gasteiger partial charge is 0.355 e. The maximum absolute atomic E-state index is 5.76. The first-order valence-corrected chi connectivity index (χ1v) is 6.26. The smallest absolute Gasteiger partial charge is 0.224 e. The molecule has 2 aromatic rings. The van der Waals surface area contributed by atoms with E-state index in [1.807, 2.05) is 30.1 Å². The van der Waals surface area contributed by atoms with Gasteiger partial charge >= 0.3 is 0 Å². The number of aromatic nitrogens is 2. The highest BCUT2D eigenvalue weighted by molar-refractivity contribution is 9.10.